The fourth-order valence-corrected chi connectivity index (χ4v) is 3.19. The van der Waals surface area contributed by atoms with E-state index in [-0.39, 0.29) is 12.1 Å². The highest BCUT2D eigenvalue weighted by atomic mass is 16.5. The van der Waals surface area contributed by atoms with Gasteiger partial charge in [0.1, 0.15) is 6.10 Å². The Balaban J connectivity index is 1.87. The average Bonchev–Trinajstić information content (AvgIpc) is 2.44. The second-order valence-corrected chi connectivity index (χ2v) is 5.98. The molecule has 0 aliphatic carbocycles. The van der Waals surface area contributed by atoms with Crippen LogP contribution in [-0.4, -0.2) is 31.2 Å². The Bertz CT molecular complexity index is 432. The molecule has 4 atom stereocenters. The number of carbonyl (C=O) groups is 1. The van der Waals surface area contributed by atoms with E-state index in [2.05, 4.69) is 44.2 Å². The molecule has 0 radical (unpaired) electrons. The van der Waals surface area contributed by atoms with Gasteiger partial charge in [0.05, 0.1) is 19.1 Å². The van der Waals surface area contributed by atoms with Crippen LogP contribution in [0.4, 0.5) is 0 Å². The molecule has 1 fully saturated rings. The topological polar surface area (TPSA) is 30.7 Å². The summed E-state index contributed by atoms with van der Waals surface area (Å²) in [6.07, 6.45) is 2.20. The van der Waals surface area contributed by atoms with Crippen LogP contribution >= 0.6 is 0 Å². The number of carbonyl (C=O) groups excluding carboxylic acids is 1. The molecule has 1 N–H and O–H groups in total. The first-order chi connectivity index (χ1) is 9.58. The lowest BCUT2D eigenvalue weighted by atomic mass is 9.88. The molecule has 0 saturated carbocycles. The van der Waals surface area contributed by atoms with Gasteiger partial charge in [-0.3, -0.25) is 4.79 Å². The molecule has 1 saturated heterocycles. The van der Waals surface area contributed by atoms with Gasteiger partial charge in [0, 0.05) is 25.7 Å². The van der Waals surface area contributed by atoms with Crippen molar-refractivity contribution < 1.29 is 14.4 Å². The molecule has 110 valence electrons. The minimum atomic E-state index is -0.151. The van der Waals surface area contributed by atoms with Crippen LogP contribution < -0.4 is 4.90 Å². The van der Waals surface area contributed by atoms with Gasteiger partial charge >= 0.3 is 5.97 Å². The fraction of sp³-hybridized carbons (Fsp3) is 0.588. The van der Waals surface area contributed by atoms with Gasteiger partial charge in [-0.25, -0.2) is 0 Å². The first-order valence-corrected chi connectivity index (χ1v) is 7.63. The van der Waals surface area contributed by atoms with Crippen molar-refractivity contribution in [3.05, 3.63) is 35.9 Å². The number of esters is 1. The van der Waals surface area contributed by atoms with E-state index in [0.717, 1.165) is 25.9 Å². The molecule has 1 aliphatic rings. The summed E-state index contributed by atoms with van der Waals surface area (Å²) >= 11 is 0. The Morgan fingerprint density at radius 1 is 1.30 bits per heavy atom. The monoisotopic (exact) mass is 276 g/mol. The van der Waals surface area contributed by atoms with Crippen molar-refractivity contribution in [2.24, 2.45) is 5.92 Å². The third-order valence-electron chi connectivity index (χ3n) is 4.66. The van der Waals surface area contributed by atoms with Crippen LogP contribution in [0.5, 0.6) is 0 Å². The van der Waals surface area contributed by atoms with Crippen LogP contribution in [0.2, 0.25) is 0 Å². The Morgan fingerprint density at radius 3 is 2.65 bits per heavy atom. The van der Waals surface area contributed by atoms with E-state index >= 15 is 0 Å². The number of rotatable bonds is 4. The third-order valence-corrected chi connectivity index (χ3v) is 4.66. The Morgan fingerprint density at radius 2 is 2.00 bits per heavy atom. The van der Waals surface area contributed by atoms with Gasteiger partial charge in [0.15, 0.2) is 0 Å². The minimum Gasteiger partial charge on any atom is -0.462 e. The summed E-state index contributed by atoms with van der Waals surface area (Å²) in [6, 6.07) is 11.2. The Kier molecular flexibility index (Phi) is 5.18. The number of nitrogens with one attached hydrogen (secondary N) is 1. The van der Waals surface area contributed by atoms with E-state index in [1.165, 1.54) is 12.5 Å². The summed E-state index contributed by atoms with van der Waals surface area (Å²) in [6.45, 7) is 8.24. The summed E-state index contributed by atoms with van der Waals surface area (Å²) in [5.41, 5.74) is 1.40. The van der Waals surface area contributed by atoms with Crippen LogP contribution in [0.25, 0.3) is 0 Å². The Hall–Kier alpha value is -1.35. The van der Waals surface area contributed by atoms with Gasteiger partial charge in [-0.2, -0.15) is 0 Å². The Labute approximate surface area is 121 Å². The van der Waals surface area contributed by atoms with Crippen molar-refractivity contribution in [1.82, 2.24) is 0 Å². The SMILES string of the molecule is CC(=O)O[C@H]1CC[NH+](CCc2ccccc2)[C@@H](C)[C@@H]1C. The van der Waals surface area contributed by atoms with Crippen LogP contribution in [0.15, 0.2) is 30.3 Å². The summed E-state index contributed by atoms with van der Waals surface area (Å²) in [4.78, 5) is 12.8. The maximum Gasteiger partial charge on any atom is 0.302 e. The minimum absolute atomic E-state index is 0.1000. The van der Waals surface area contributed by atoms with Crippen molar-refractivity contribution in [3.63, 3.8) is 0 Å². The molecule has 1 heterocycles. The van der Waals surface area contributed by atoms with Crippen molar-refractivity contribution in [2.75, 3.05) is 13.1 Å². The molecular weight excluding hydrogens is 250 g/mol. The molecule has 0 spiro atoms. The van der Waals surface area contributed by atoms with Crippen molar-refractivity contribution in [2.45, 2.75) is 45.8 Å². The van der Waals surface area contributed by atoms with Crippen LogP contribution in [0, 0.1) is 5.92 Å². The molecular formula is C17H26NO2+. The molecule has 20 heavy (non-hydrogen) atoms. The summed E-state index contributed by atoms with van der Waals surface area (Å²) in [5, 5.41) is 0. The molecule has 1 aromatic carbocycles. The van der Waals surface area contributed by atoms with Gasteiger partial charge in [-0.1, -0.05) is 37.3 Å². The van der Waals surface area contributed by atoms with Gasteiger partial charge in [-0.15, -0.1) is 0 Å². The van der Waals surface area contributed by atoms with Crippen molar-refractivity contribution in [3.8, 4) is 0 Å². The van der Waals surface area contributed by atoms with E-state index in [1.54, 1.807) is 4.90 Å². The number of hydrogen-bond acceptors (Lipinski definition) is 2. The van der Waals surface area contributed by atoms with E-state index in [4.69, 9.17) is 4.74 Å². The quantitative estimate of drug-likeness (QED) is 0.844. The second-order valence-electron chi connectivity index (χ2n) is 5.98. The van der Waals surface area contributed by atoms with Gasteiger partial charge in [-0.05, 0) is 12.5 Å². The first-order valence-electron chi connectivity index (χ1n) is 7.63. The normalized spacial score (nSPS) is 29.9. The number of ether oxygens (including phenoxy) is 1. The molecule has 3 heteroatoms. The summed E-state index contributed by atoms with van der Waals surface area (Å²) in [7, 11) is 0. The van der Waals surface area contributed by atoms with Gasteiger partial charge in [0.25, 0.3) is 0 Å². The standard InChI is InChI=1S/C17H25NO2/c1-13-14(2)18(12-10-17(13)20-15(3)19)11-9-16-7-5-4-6-8-16/h4-8,13-14,17H,9-12H2,1-3H3/p+1/t13-,14-,17-/m0/s1. The lowest BCUT2D eigenvalue weighted by Gasteiger charge is -2.39. The number of piperidine rings is 1. The van der Waals surface area contributed by atoms with Crippen molar-refractivity contribution in [1.29, 1.82) is 0 Å². The first kappa shape index (κ1) is 15.0. The summed E-state index contributed by atoms with van der Waals surface area (Å²) < 4.78 is 5.43. The lowest BCUT2D eigenvalue weighted by molar-refractivity contribution is -0.933. The summed E-state index contributed by atoms with van der Waals surface area (Å²) in [5.74, 6) is 0.278. The smallest absolute Gasteiger partial charge is 0.302 e. The zero-order valence-corrected chi connectivity index (χ0v) is 12.8. The van der Waals surface area contributed by atoms with Crippen molar-refractivity contribution >= 4 is 5.97 Å². The van der Waals surface area contributed by atoms with Crippen LogP contribution in [0.3, 0.4) is 0 Å². The average molecular weight is 276 g/mol. The van der Waals surface area contributed by atoms with E-state index in [0.29, 0.717) is 12.0 Å². The molecule has 1 unspecified atom stereocenters. The highest BCUT2D eigenvalue weighted by molar-refractivity contribution is 5.66. The number of hydrogen-bond donors (Lipinski definition) is 1. The highest BCUT2D eigenvalue weighted by Gasteiger charge is 2.37. The number of benzene rings is 1. The zero-order valence-electron chi connectivity index (χ0n) is 12.8. The maximum atomic E-state index is 11.1. The van der Waals surface area contributed by atoms with Crippen LogP contribution in [0.1, 0.15) is 32.8 Å². The van der Waals surface area contributed by atoms with Crippen LogP contribution in [-0.2, 0) is 16.0 Å². The van der Waals surface area contributed by atoms with Gasteiger partial charge < -0.3 is 9.64 Å². The fourth-order valence-electron chi connectivity index (χ4n) is 3.19. The molecule has 0 amide bonds. The molecule has 3 nitrogen and oxygen atoms in total. The molecule has 2 rings (SSSR count). The number of quaternary nitrogens is 1. The van der Waals surface area contributed by atoms with E-state index in [1.807, 2.05) is 0 Å². The molecule has 1 aliphatic heterocycles. The molecule has 0 bridgehead atoms. The predicted molar refractivity (Wildman–Crippen MR) is 79.6 cm³/mol. The number of likely N-dealkylation sites (tertiary alicyclic amines) is 1. The van der Waals surface area contributed by atoms with E-state index in [9.17, 15) is 4.79 Å². The van der Waals surface area contributed by atoms with Gasteiger partial charge in [0.2, 0.25) is 0 Å². The maximum absolute atomic E-state index is 11.1. The lowest BCUT2D eigenvalue weighted by Crippen LogP contribution is -3.17. The highest BCUT2D eigenvalue weighted by Crippen LogP contribution is 2.17. The predicted octanol–water partition coefficient (Wildman–Crippen LogP) is 1.47. The molecule has 1 aromatic rings. The largest absolute Gasteiger partial charge is 0.462 e. The van der Waals surface area contributed by atoms with E-state index < -0.39 is 0 Å². The molecule has 0 aromatic heterocycles. The third kappa shape index (κ3) is 3.83. The second kappa shape index (κ2) is 6.89. The zero-order chi connectivity index (χ0) is 14.5.